The van der Waals surface area contributed by atoms with Gasteiger partial charge in [-0.25, -0.2) is 13.1 Å². The largest absolute Gasteiger partial charge is 0.316 e. The first-order valence-electron chi connectivity index (χ1n) is 7.69. The fraction of sp³-hybridized carbons (Fsp3) is 0.625. The number of hydrogen-bond acceptors (Lipinski definition) is 3. The van der Waals surface area contributed by atoms with E-state index in [-0.39, 0.29) is 11.8 Å². The molecule has 1 aromatic rings. The Morgan fingerprint density at radius 2 is 1.71 bits per heavy atom. The Bertz CT molecular complexity index is 498. The molecule has 0 aliphatic rings. The molecular weight excluding hydrogens is 284 g/mol. The third-order valence-corrected chi connectivity index (χ3v) is 4.86. The summed E-state index contributed by atoms with van der Waals surface area (Å²) in [5.74, 6) is 0.0466. The molecule has 2 N–H and O–H groups in total. The summed E-state index contributed by atoms with van der Waals surface area (Å²) in [6.45, 7) is 4.87. The van der Waals surface area contributed by atoms with Crippen LogP contribution in [-0.4, -0.2) is 21.5 Å². The van der Waals surface area contributed by atoms with Crippen LogP contribution in [0.4, 0.5) is 0 Å². The van der Waals surface area contributed by atoms with E-state index >= 15 is 0 Å². The summed E-state index contributed by atoms with van der Waals surface area (Å²) in [6.07, 6.45) is 4.27. The Morgan fingerprint density at radius 1 is 1.10 bits per heavy atom. The van der Waals surface area contributed by atoms with E-state index in [1.165, 1.54) is 0 Å². The monoisotopic (exact) mass is 312 g/mol. The van der Waals surface area contributed by atoms with E-state index in [0.717, 1.165) is 43.4 Å². The van der Waals surface area contributed by atoms with Crippen LogP contribution < -0.4 is 10.0 Å². The van der Waals surface area contributed by atoms with Gasteiger partial charge in [-0.15, -0.1) is 0 Å². The topological polar surface area (TPSA) is 58.2 Å². The minimum Gasteiger partial charge on any atom is -0.316 e. The predicted molar refractivity (Wildman–Crippen MR) is 88.6 cm³/mol. The average molecular weight is 312 g/mol. The van der Waals surface area contributed by atoms with Gasteiger partial charge >= 0.3 is 0 Å². The number of rotatable bonds is 10. The van der Waals surface area contributed by atoms with Gasteiger partial charge in [-0.1, -0.05) is 50.5 Å². The van der Waals surface area contributed by atoms with Crippen molar-refractivity contribution in [1.82, 2.24) is 10.0 Å². The zero-order valence-corrected chi connectivity index (χ0v) is 14.2. The number of benzene rings is 1. The highest BCUT2D eigenvalue weighted by molar-refractivity contribution is 7.88. The Labute approximate surface area is 129 Å². The van der Waals surface area contributed by atoms with Gasteiger partial charge in [-0.3, -0.25) is 0 Å². The molecule has 0 saturated heterocycles. The molecule has 0 aromatic heterocycles. The van der Waals surface area contributed by atoms with Crippen molar-refractivity contribution in [3.63, 3.8) is 0 Å². The van der Waals surface area contributed by atoms with Crippen molar-refractivity contribution >= 4 is 10.0 Å². The summed E-state index contributed by atoms with van der Waals surface area (Å²) in [4.78, 5) is 0. The van der Waals surface area contributed by atoms with E-state index in [1.807, 2.05) is 38.2 Å². The molecular formula is C16H28N2O2S. The molecule has 0 bridgehead atoms. The second kappa shape index (κ2) is 9.18. The highest BCUT2D eigenvalue weighted by Crippen LogP contribution is 2.10. The maximum atomic E-state index is 12.1. The molecule has 0 fully saturated rings. The summed E-state index contributed by atoms with van der Waals surface area (Å²) < 4.78 is 27.0. The lowest BCUT2D eigenvalue weighted by Gasteiger charge is -2.14. The molecule has 4 nitrogen and oxygen atoms in total. The van der Waals surface area contributed by atoms with Crippen LogP contribution in [0.3, 0.4) is 0 Å². The standard InChI is InChI=1S/C16H28N2O2S/c1-4-5-6-7-14(2)18-21(19,20)13-16-10-8-15(9-11-16)12-17-3/h8-11,14,17-18H,4-7,12-13H2,1-3H3. The summed E-state index contributed by atoms with van der Waals surface area (Å²) in [6, 6.07) is 7.70. The van der Waals surface area contributed by atoms with Crippen molar-refractivity contribution in [1.29, 1.82) is 0 Å². The molecule has 5 heteroatoms. The van der Waals surface area contributed by atoms with Crippen molar-refractivity contribution in [3.8, 4) is 0 Å². The number of sulfonamides is 1. The number of unbranched alkanes of at least 4 members (excludes halogenated alkanes) is 2. The van der Waals surface area contributed by atoms with Gasteiger partial charge in [0.25, 0.3) is 0 Å². The van der Waals surface area contributed by atoms with Gasteiger partial charge in [-0.2, -0.15) is 0 Å². The van der Waals surface area contributed by atoms with Crippen LogP contribution in [-0.2, 0) is 22.3 Å². The van der Waals surface area contributed by atoms with Crippen LogP contribution in [0, 0.1) is 0 Å². The van der Waals surface area contributed by atoms with Crippen LogP contribution in [0.1, 0.15) is 50.7 Å². The average Bonchev–Trinajstić information content (AvgIpc) is 2.40. The Hall–Kier alpha value is -0.910. The number of nitrogens with one attached hydrogen (secondary N) is 2. The van der Waals surface area contributed by atoms with Crippen LogP contribution >= 0.6 is 0 Å². The Morgan fingerprint density at radius 3 is 2.29 bits per heavy atom. The maximum Gasteiger partial charge on any atom is 0.216 e. The van der Waals surface area contributed by atoms with Crippen LogP contribution in [0.15, 0.2) is 24.3 Å². The first-order valence-corrected chi connectivity index (χ1v) is 9.34. The molecule has 1 rings (SSSR count). The van der Waals surface area contributed by atoms with Crippen LogP contribution in [0.2, 0.25) is 0 Å². The second-order valence-corrected chi connectivity index (χ2v) is 7.37. The van der Waals surface area contributed by atoms with E-state index < -0.39 is 10.0 Å². The molecule has 0 radical (unpaired) electrons. The minimum absolute atomic E-state index is 0.00474. The summed E-state index contributed by atoms with van der Waals surface area (Å²) in [5, 5.41) is 3.07. The highest BCUT2D eigenvalue weighted by atomic mass is 32.2. The van der Waals surface area contributed by atoms with Crippen LogP contribution in [0.5, 0.6) is 0 Å². The predicted octanol–water partition coefficient (Wildman–Crippen LogP) is 2.79. The zero-order valence-electron chi connectivity index (χ0n) is 13.4. The third kappa shape index (κ3) is 7.60. The molecule has 1 unspecified atom stereocenters. The van der Waals surface area contributed by atoms with Crippen molar-refractivity contribution < 1.29 is 8.42 Å². The molecule has 1 atom stereocenters. The van der Waals surface area contributed by atoms with Gasteiger partial charge in [0.2, 0.25) is 10.0 Å². The van der Waals surface area contributed by atoms with E-state index in [2.05, 4.69) is 17.0 Å². The SMILES string of the molecule is CCCCCC(C)NS(=O)(=O)Cc1ccc(CNC)cc1. The molecule has 21 heavy (non-hydrogen) atoms. The molecule has 1 aromatic carbocycles. The van der Waals surface area contributed by atoms with Gasteiger partial charge in [0.05, 0.1) is 5.75 Å². The van der Waals surface area contributed by atoms with Crippen molar-refractivity contribution in [3.05, 3.63) is 35.4 Å². The molecule has 0 amide bonds. The van der Waals surface area contributed by atoms with E-state index in [1.54, 1.807) is 0 Å². The summed E-state index contributed by atoms with van der Waals surface area (Å²) >= 11 is 0. The molecule has 120 valence electrons. The smallest absolute Gasteiger partial charge is 0.216 e. The number of hydrogen-bond donors (Lipinski definition) is 2. The normalized spacial score (nSPS) is 13.3. The van der Waals surface area contributed by atoms with E-state index in [9.17, 15) is 8.42 Å². The van der Waals surface area contributed by atoms with Crippen molar-refractivity contribution in [2.75, 3.05) is 7.05 Å². The van der Waals surface area contributed by atoms with Gasteiger partial charge < -0.3 is 5.32 Å². The lowest BCUT2D eigenvalue weighted by atomic mass is 10.1. The Kier molecular flexibility index (Phi) is 7.93. The van der Waals surface area contributed by atoms with Crippen molar-refractivity contribution in [2.45, 2.75) is 57.9 Å². The quantitative estimate of drug-likeness (QED) is 0.653. The fourth-order valence-electron chi connectivity index (χ4n) is 2.28. The first kappa shape index (κ1) is 18.1. The third-order valence-electron chi connectivity index (χ3n) is 3.38. The lowest BCUT2D eigenvalue weighted by molar-refractivity contribution is 0.526. The zero-order chi connectivity index (χ0) is 15.7. The molecule has 0 spiro atoms. The van der Waals surface area contributed by atoms with Gasteiger partial charge in [-0.05, 0) is 31.5 Å². The lowest BCUT2D eigenvalue weighted by Crippen LogP contribution is -2.33. The van der Waals surface area contributed by atoms with Gasteiger partial charge in [0, 0.05) is 12.6 Å². The molecule has 0 aliphatic carbocycles. The summed E-state index contributed by atoms with van der Waals surface area (Å²) in [5.41, 5.74) is 1.97. The van der Waals surface area contributed by atoms with Gasteiger partial charge in [0.15, 0.2) is 0 Å². The van der Waals surface area contributed by atoms with E-state index in [0.29, 0.717) is 0 Å². The van der Waals surface area contributed by atoms with Gasteiger partial charge in [0.1, 0.15) is 0 Å². The first-order chi connectivity index (χ1) is 9.96. The molecule has 0 saturated carbocycles. The van der Waals surface area contributed by atoms with Crippen LogP contribution in [0.25, 0.3) is 0 Å². The van der Waals surface area contributed by atoms with E-state index in [4.69, 9.17) is 0 Å². The summed E-state index contributed by atoms with van der Waals surface area (Å²) in [7, 11) is -1.37. The van der Waals surface area contributed by atoms with Crippen molar-refractivity contribution in [2.24, 2.45) is 0 Å². The Balaban J connectivity index is 2.51. The fourth-order valence-corrected chi connectivity index (χ4v) is 3.73. The second-order valence-electron chi connectivity index (χ2n) is 5.62. The molecule has 0 heterocycles. The maximum absolute atomic E-state index is 12.1. The highest BCUT2D eigenvalue weighted by Gasteiger charge is 2.15. The minimum atomic E-state index is -3.26. The molecule has 0 aliphatic heterocycles.